The van der Waals surface area contributed by atoms with Crippen LogP contribution in [-0.4, -0.2) is 13.2 Å². The fourth-order valence-corrected chi connectivity index (χ4v) is 6.00. The van der Waals surface area contributed by atoms with Crippen molar-refractivity contribution in [1.82, 2.24) is 0 Å². The normalized spacial score (nSPS) is 36.8. The number of allylic oxidation sites excluding steroid dienone is 2. The molecule has 0 heterocycles. The molecule has 3 aliphatic carbocycles. The molecule has 1 saturated carbocycles. The van der Waals surface area contributed by atoms with E-state index >= 15 is 0 Å². The number of hydrogen-bond donors (Lipinski definition) is 0. The molecular formula is C20H24NO2P. The monoisotopic (exact) mass is 341 g/mol. The van der Waals surface area contributed by atoms with Crippen LogP contribution >= 0.6 is 9.47 Å². The third kappa shape index (κ3) is 1.97. The highest BCUT2D eigenvalue weighted by atomic mass is 31.0. The van der Waals surface area contributed by atoms with Crippen molar-refractivity contribution in [3.63, 3.8) is 0 Å². The number of hydrogen-bond acceptors (Lipinski definition) is 3. The Kier molecular flexibility index (Phi) is 3.75. The lowest BCUT2D eigenvalue weighted by Gasteiger charge is -2.50. The summed E-state index contributed by atoms with van der Waals surface area (Å²) in [6, 6.07) is 9.07. The SMILES string of the molecule is COc1ccc2c(c1)CC[C@]1(C#N)C2=CC[C@@]2(C)C1CC[C@@H]2OP. The summed E-state index contributed by atoms with van der Waals surface area (Å²) < 4.78 is 11.1. The first-order valence-corrected chi connectivity index (χ1v) is 9.21. The lowest BCUT2D eigenvalue weighted by Crippen LogP contribution is -2.46. The predicted molar refractivity (Wildman–Crippen MR) is 97.4 cm³/mol. The summed E-state index contributed by atoms with van der Waals surface area (Å²) in [4.78, 5) is 0. The molecule has 0 radical (unpaired) electrons. The molecule has 4 heteroatoms. The predicted octanol–water partition coefficient (Wildman–Crippen LogP) is 4.53. The first-order valence-electron chi connectivity index (χ1n) is 8.74. The van der Waals surface area contributed by atoms with Gasteiger partial charge in [-0.2, -0.15) is 5.26 Å². The molecule has 0 spiro atoms. The van der Waals surface area contributed by atoms with E-state index in [9.17, 15) is 5.26 Å². The first-order chi connectivity index (χ1) is 11.6. The Morgan fingerprint density at radius 1 is 1.33 bits per heavy atom. The third-order valence-corrected chi connectivity index (χ3v) is 7.15. The maximum atomic E-state index is 10.3. The zero-order valence-electron chi connectivity index (χ0n) is 14.3. The molecule has 0 aromatic heterocycles. The van der Waals surface area contributed by atoms with Crippen LogP contribution in [0.4, 0.5) is 0 Å². The van der Waals surface area contributed by atoms with E-state index in [1.54, 1.807) is 7.11 Å². The van der Waals surface area contributed by atoms with E-state index in [0.717, 1.165) is 37.9 Å². The summed E-state index contributed by atoms with van der Waals surface area (Å²) in [5.41, 5.74) is 3.51. The standard InChI is InChI=1S/C20H24NO2P/c1-19-9-8-16-15-4-3-14(22-2)11-13(15)7-10-20(16,12-21)17(19)5-6-18(19)23-24/h3-4,8,11,17-18H,5-7,9-10,24H2,1-2H3/t17?,18-,19-,20-/m0/s1. The summed E-state index contributed by atoms with van der Waals surface area (Å²) in [7, 11) is 4.15. The van der Waals surface area contributed by atoms with Crippen LogP contribution < -0.4 is 4.74 Å². The maximum absolute atomic E-state index is 10.3. The summed E-state index contributed by atoms with van der Waals surface area (Å²) in [5, 5.41) is 10.3. The van der Waals surface area contributed by atoms with Crippen molar-refractivity contribution >= 4 is 15.0 Å². The van der Waals surface area contributed by atoms with Crippen molar-refractivity contribution in [2.45, 2.75) is 45.1 Å². The van der Waals surface area contributed by atoms with Crippen molar-refractivity contribution in [3.8, 4) is 11.8 Å². The molecule has 3 aliphatic rings. The molecule has 0 N–H and O–H groups in total. The average Bonchev–Trinajstić information content (AvgIpc) is 2.97. The zero-order chi connectivity index (χ0) is 16.9. The Balaban J connectivity index is 1.85. The molecule has 24 heavy (non-hydrogen) atoms. The fraction of sp³-hybridized carbons (Fsp3) is 0.550. The van der Waals surface area contributed by atoms with E-state index in [1.807, 2.05) is 6.07 Å². The number of nitriles is 1. The van der Waals surface area contributed by atoms with E-state index in [0.29, 0.717) is 5.92 Å². The molecule has 5 atom stereocenters. The van der Waals surface area contributed by atoms with Crippen LogP contribution in [0, 0.1) is 28.1 Å². The van der Waals surface area contributed by atoms with Gasteiger partial charge in [0.1, 0.15) is 5.75 Å². The van der Waals surface area contributed by atoms with Gasteiger partial charge in [0.2, 0.25) is 0 Å². The highest BCUT2D eigenvalue weighted by molar-refractivity contribution is 7.09. The van der Waals surface area contributed by atoms with Gasteiger partial charge in [0, 0.05) is 14.9 Å². The van der Waals surface area contributed by atoms with Crippen molar-refractivity contribution in [3.05, 3.63) is 35.4 Å². The molecule has 0 amide bonds. The summed E-state index contributed by atoms with van der Waals surface area (Å²) in [6.45, 7) is 2.31. The summed E-state index contributed by atoms with van der Waals surface area (Å²) >= 11 is 0. The molecule has 0 saturated heterocycles. The molecule has 0 aliphatic heterocycles. The quantitative estimate of drug-likeness (QED) is 0.742. The number of ether oxygens (including phenoxy) is 1. The van der Waals surface area contributed by atoms with Gasteiger partial charge in [-0.3, -0.25) is 0 Å². The largest absolute Gasteiger partial charge is 0.497 e. The van der Waals surface area contributed by atoms with Crippen molar-refractivity contribution < 1.29 is 9.26 Å². The van der Waals surface area contributed by atoms with Gasteiger partial charge in [-0.15, -0.1) is 0 Å². The number of benzene rings is 1. The van der Waals surface area contributed by atoms with Gasteiger partial charge in [-0.05, 0) is 66.9 Å². The minimum atomic E-state index is -0.369. The Labute approximate surface area is 146 Å². The van der Waals surface area contributed by atoms with E-state index in [-0.39, 0.29) is 16.9 Å². The van der Waals surface area contributed by atoms with Gasteiger partial charge in [0.15, 0.2) is 0 Å². The fourth-order valence-electron chi connectivity index (χ4n) is 5.55. The molecule has 3 nitrogen and oxygen atoms in total. The minimum Gasteiger partial charge on any atom is -0.497 e. The van der Waals surface area contributed by atoms with Crippen molar-refractivity contribution in [1.29, 1.82) is 5.26 Å². The molecule has 1 fully saturated rings. The number of aryl methyl sites for hydroxylation is 1. The number of rotatable bonds is 2. The lowest BCUT2D eigenvalue weighted by molar-refractivity contribution is 0.0375. The summed E-state index contributed by atoms with van der Waals surface area (Å²) in [5.74, 6) is 1.27. The van der Waals surface area contributed by atoms with Crippen LogP contribution in [0.2, 0.25) is 0 Å². The minimum absolute atomic E-state index is 0.0605. The van der Waals surface area contributed by atoms with Gasteiger partial charge < -0.3 is 9.26 Å². The Morgan fingerprint density at radius 2 is 2.17 bits per heavy atom. The van der Waals surface area contributed by atoms with E-state index < -0.39 is 0 Å². The second kappa shape index (κ2) is 5.58. The van der Waals surface area contributed by atoms with Crippen molar-refractivity contribution in [2.24, 2.45) is 16.7 Å². The second-order valence-electron chi connectivity index (χ2n) is 7.69. The molecule has 126 valence electrons. The van der Waals surface area contributed by atoms with Crippen LogP contribution in [0.15, 0.2) is 24.3 Å². The van der Waals surface area contributed by atoms with Gasteiger partial charge >= 0.3 is 0 Å². The maximum Gasteiger partial charge on any atom is 0.119 e. The Morgan fingerprint density at radius 3 is 2.88 bits per heavy atom. The molecule has 1 aromatic rings. The van der Waals surface area contributed by atoms with E-state index in [4.69, 9.17) is 9.26 Å². The highest BCUT2D eigenvalue weighted by Gasteiger charge is 2.60. The Bertz CT molecular complexity index is 752. The zero-order valence-corrected chi connectivity index (χ0v) is 15.5. The average molecular weight is 341 g/mol. The van der Waals surface area contributed by atoms with Crippen LogP contribution in [0.25, 0.3) is 5.57 Å². The van der Waals surface area contributed by atoms with Gasteiger partial charge in [0.25, 0.3) is 0 Å². The smallest absolute Gasteiger partial charge is 0.119 e. The van der Waals surface area contributed by atoms with E-state index in [1.165, 1.54) is 16.7 Å². The van der Waals surface area contributed by atoms with Crippen molar-refractivity contribution in [2.75, 3.05) is 7.11 Å². The highest BCUT2D eigenvalue weighted by Crippen LogP contribution is 2.65. The first kappa shape index (κ1) is 16.1. The molecule has 0 bridgehead atoms. The topological polar surface area (TPSA) is 42.2 Å². The third-order valence-electron chi connectivity index (χ3n) is 6.83. The lowest BCUT2D eigenvalue weighted by atomic mass is 9.52. The van der Waals surface area contributed by atoms with Gasteiger partial charge in [0.05, 0.1) is 24.7 Å². The van der Waals surface area contributed by atoms with Crippen LogP contribution in [0.5, 0.6) is 5.75 Å². The second-order valence-corrected chi connectivity index (χ2v) is 7.96. The van der Waals surface area contributed by atoms with Gasteiger partial charge in [-0.25, -0.2) is 0 Å². The molecule has 4 rings (SSSR count). The number of nitrogens with zero attached hydrogens (tertiary/aromatic N) is 1. The number of methoxy groups -OCH3 is 1. The molecule has 1 aromatic carbocycles. The number of fused-ring (bicyclic) bond motifs is 5. The van der Waals surface area contributed by atoms with Crippen LogP contribution in [0.1, 0.15) is 43.7 Å². The van der Waals surface area contributed by atoms with Crippen LogP contribution in [-0.2, 0) is 10.9 Å². The summed E-state index contributed by atoms with van der Waals surface area (Å²) in [6.07, 6.45) is 7.51. The molecular weight excluding hydrogens is 317 g/mol. The Hall–Kier alpha value is -1.36. The van der Waals surface area contributed by atoms with E-state index in [2.05, 4.69) is 40.7 Å². The molecule has 2 unspecified atom stereocenters. The van der Waals surface area contributed by atoms with Crippen LogP contribution in [0.3, 0.4) is 0 Å². The van der Waals surface area contributed by atoms with Gasteiger partial charge in [-0.1, -0.05) is 19.1 Å².